The molecule has 0 atom stereocenters. The van der Waals surface area contributed by atoms with Crippen LogP contribution in [0.25, 0.3) is 0 Å². The lowest BCUT2D eigenvalue weighted by atomic mass is 9.87. The molecule has 0 aliphatic heterocycles. The molecule has 2 aromatic carbocycles. The molecule has 0 fully saturated rings. The van der Waals surface area contributed by atoms with Crippen LogP contribution in [0.2, 0.25) is 10.0 Å². The summed E-state index contributed by atoms with van der Waals surface area (Å²) in [5.41, 5.74) is 1.96. The Balaban J connectivity index is 2.01. The average Bonchev–Trinajstić information content (AvgIpc) is 2.42. The molecule has 0 aromatic heterocycles. The van der Waals surface area contributed by atoms with Gasteiger partial charge in [0.2, 0.25) is 0 Å². The van der Waals surface area contributed by atoms with Gasteiger partial charge < -0.3 is 5.32 Å². The van der Waals surface area contributed by atoms with Gasteiger partial charge in [0, 0.05) is 10.6 Å². The van der Waals surface area contributed by atoms with Crippen LogP contribution in [0.3, 0.4) is 0 Å². The molecule has 0 saturated heterocycles. The summed E-state index contributed by atoms with van der Waals surface area (Å²) >= 11 is 12.9. The molecule has 5 heteroatoms. The first-order valence-electron chi connectivity index (χ1n) is 6.80. The minimum absolute atomic E-state index is 0.103. The van der Waals surface area contributed by atoms with Crippen LogP contribution in [-0.2, 0) is 5.41 Å². The van der Waals surface area contributed by atoms with Crippen molar-refractivity contribution in [1.29, 1.82) is 0 Å². The smallest absolute Gasteiger partial charge is 0.288 e. The molecule has 0 heterocycles. The fraction of sp³-hybridized carbons (Fsp3) is 0.235. The second-order valence-electron chi connectivity index (χ2n) is 5.92. The van der Waals surface area contributed by atoms with E-state index >= 15 is 0 Å². The van der Waals surface area contributed by atoms with Gasteiger partial charge in [0.05, 0.1) is 10.0 Å². The van der Waals surface area contributed by atoms with Gasteiger partial charge in [0.1, 0.15) is 0 Å². The molecule has 2 nitrogen and oxygen atoms in total. The molecule has 22 heavy (non-hydrogen) atoms. The Labute approximate surface area is 145 Å². The number of nitrogens with one attached hydrogen (secondary N) is 1. The summed E-state index contributed by atoms with van der Waals surface area (Å²) in [6, 6.07) is 13.0. The maximum atomic E-state index is 12.0. The summed E-state index contributed by atoms with van der Waals surface area (Å²) in [6.07, 6.45) is 0. The number of rotatable bonds is 2. The molecule has 0 radical (unpaired) electrons. The first-order valence-corrected chi connectivity index (χ1v) is 8.37. The summed E-state index contributed by atoms with van der Waals surface area (Å²) in [5, 5.41) is 3.50. The summed E-state index contributed by atoms with van der Waals surface area (Å²) in [7, 11) is 0. The van der Waals surface area contributed by atoms with Crippen LogP contribution in [0.15, 0.2) is 47.4 Å². The minimum atomic E-state index is -0.165. The third-order valence-corrected chi connectivity index (χ3v) is 4.63. The number of anilines is 1. The van der Waals surface area contributed by atoms with E-state index < -0.39 is 0 Å². The van der Waals surface area contributed by atoms with Crippen LogP contribution in [0.1, 0.15) is 26.3 Å². The summed E-state index contributed by atoms with van der Waals surface area (Å²) in [4.78, 5) is 12.9. The topological polar surface area (TPSA) is 29.1 Å². The predicted molar refractivity (Wildman–Crippen MR) is 96.5 cm³/mol. The summed E-state index contributed by atoms with van der Waals surface area (Å²) < 4.78 is 0. The lowest BCUT2D eigenvalue weighted by Gasteiger charge is -2.18. The van der Waals surface area contributed by atoms with Gasteiger partial charge in [0.25, 0.3) is 5.24 Å². The van der Waals surface area contributed by atoms with Crippen LogP contribution in [-0.4, -0.2) is 5.24 Å². The largest absolute Gasteiger partial charge is 0.317 e. The van der Waals surface area contributed by atoms with Crippen LogP contribution < -0.4 is 5.32 Å². The van der Waals surface area contributed by atoms with E-state index in [-0.39, 0.29) is 10.7 Å². The fourth-order valence-electron chi connectivity index (χ4n) is 1.85. The molecular formula is C17H17Cl2NOS. The number of amides is 1. The van der Waals surface area contributed by atoms with Crippen molar-refractivity contribution in [3.63, 3.8) is 0 Å². The molecule has 0 spiro atoms. The minimum Gasteiger partial charge on any atom is -0.317 e. The fourth-order valence-corrected chi connectivity index (χ4v) is 2.80. The Morgan fingerprint density at radius 2 is 1.64 bits per heavy atom. The highest BCUT2D eigenvalue weighted by atomic mass is 35.5. The van der Waals surface area contributed by atoms with Gasteiger partial charge in [0.15, 0.2) is 0 Å². The molecule has 0 bridgehead atoms. The second-order valence-corrected chi connectivity index (χ2v) is 7.78. The van der Waals surface area contributed by atoms with E-state index in [2.05, 4.69) is 38.2 Å². The highest BCUT2D eigenvalue weighted by molar-refractivity contribution is 8.13. The Kier molecular flexibility index (Phi) is 5.43. The number of halogens is 2. The zero-order chi connectivity index (χ0) is 16.3. The second kappa shape index (κ2) is 6.95. The summed E-state index contributed by atoms with van der Waals surface area (Å²) in [5.74, 6) is 0. The van der Waals surface area contributed by atoms with Crippen LogP contribution in [0, 0.1) is 0 Å². The van der Waals surface area contributed by atoms with Gasteiger partial charge >= 0.3 is 0 Å². The van der Waals surface area contributed by atoms with Crippen LogP contribution in [0.5, 0.6) is 0 Å². The first-order chi connectivity index (χ1) is 10.3. The van der Waals surface area contributed by atoms with Crippen molar-refractivity contribution < 1.29 is 4.79 Å². The predicted octanol–water partition coefficient (Wildman–Crippen LogP) is 6.62. The zero-order valence-electron chi connectivity index (χ0n) is 12.6. The maximum Gasteiger partial charge on any atom is 0.288 e. The normalized spacial score (nSPS) is 11.3. The van der Waals surface area contributed by atoms with Gasteiger partial charge in [-0.3, -0.25) is 4.79 Å². The Morgan fingerprint density at radius 1 is 1.00 bits per heavy atom. The molecular weight excluding hydrogens is 337 g/mol. The molecule has 0 saturated carbocycles. The molecule has 2 aromatic rings. The maximum absolute atomic E-state index is 12.0. The third kappa shape index (κ3) is 4.67. The van der Waals surface area contributed by atoms with Crippen LogP contribution in [0.4, 0.5) is 10.5 Å². The number of benzene rings is 2. The van der Waals surface area contributed by atoms with E-state index in [0.717, 1.165) is 16.7 Å². The molecule has 1 amide bonds. The van der Waals surface area contributed by atoms with Crippen molar-refractivity contribution in [3.05, 3.63) is 58.1 Å². The van der Waals surface area contributed by atoms with Gasteiger partial charge in [-0.2, -0.15) is 0 Å². The van der Waals surface area contributed by atoms with Crippen molar-refractivity contribution in [2.75, 3.05) is 5.32 Å². The Hall–Kier alpha value is -1.16. The summed E-state index contributed by atoms with van der Waals surface area (Å²) in [6.45, 7) is 6.48. The molecule has 1 N–H and O–H groups in total. The Morgan fingerprint density at radius 3 is 2.18 bits per heavy atom. The van der Waals surface area contributed by atoms with Gasteiger partial charge in [-0.25, -0.2) is 0 Å². The van der Waals surface area contributed by atoms with E-state index in [4.69, 9.17) is 23.2 Å². The van der Waals surface area contributed by atoms with Crippen molar-refractivity contribution in [2.45, 2.75) is 31.1 Å². The number of hydrogen-bond donors (Lipinski definition) is 1. The van der Waals surface area contributed by atoms with Crippen molar-refractivity contribution in [2.24, 2.45) is 0 Å². The lowest BCUT2D eigenvalue weighted by molar-refractivity contribution is 0.270. The quantitative estimate of drug-likeness (QED) is 0.615. The number of carbonyl (C=O) groups is 1. The van der Waals surface area contributed by atoms with E-state index in [9.17, 15) is 4.79 Å². The van der Waals surface area contributed by atoms with Crippen molar-refractivity contribution >= 4 is 45.9 Å². The molecule has 116 valence electrons. The molecule has 2 rings (SSSR count). The van der Waals surface area contributed by atoms with Gasteiger partial charge in [-0.05, 0) is 53.1 Å². The van der Waals surface area contributed by atoms with E-state index in [0.29, 0.717) is 15.7 Å². The number of carbonyl (C=O) groups excluding carboxylic acids is 1. The van der Waals surface area contributed by atoms with E-state index in [1.165, 1.54) is 5.56 Å². The zero-order valence-corrected chi connectivity index (χ0v) is 14.9. The van der Waals surface area contributed by atoms with Crippen molar-refractivity contribution in [3.8, 4) is 0 Å². The number of thioether (sulfide) groups is 1. The van der Waals surface area contributed by atoms with Crippen LogP contribution >= 0.6 is 35.0 Å². The van der Waals surface area contributed by atoms with E-state index in [1.807, 2.05) is 12.1 Å². The lowest BCUT2D eigenvalue weighted by Crippen LogP contribution is -2.10. The average molecular weight is 354 g/mol. The SMILES string of the molecule is CC(C)(C)c1ccc(SC(=O)Nc2ccc(Cl)c(Cl)c2)cc1. The van der Waals surface area contributed by atoms with E-state index in [1.54, 1.807) is 18.2 Å². The monoisotopic (exact) mass is 353 g/mol. The number of hydrogen-bond acceptors (Lipinski definition) is 2. The van der Waals surface area contributed by atoms with Crippen molar-refractivity contribution in [1.82, 2.24) is 0 Å². The Bertz CT molecular complexity index is 678. The standard InChI is InChI=1S/C17H17Cl2NOS/c1-17(2,3)11-4-7-13(8-5-11)22-16(21)20-12-6-9-14(18)15(19)10-12/h4-10H,1-3H3,(H,20,21). The van der Waals surface area contributed by atoms with Gasteiger partial charge in [-0.1, -0.05) is 56.1 Å². The molecule has 0 aliphatic rings. The third-order valence-electron chi connectivity index (χ3n) is 3.10. The molecule has 0 unspecified atom stereocenters. The highest BCUT2D eigenvalue weighted by Gasteiger charge is 2.13. The molecule has 0 aliphatic carbocycles. The first kappa shape index (κ1) is 17.2. The highest BCUT2D eigenvalue weighted by Crippen LogP contribution is 2.28. The van der Waals surface area contributed by atoms with Gasteiger partial charge in [-0.15, -0.1) is 0 Å².